The van der Waals surface area contributed by atoms with E-state index >= 15 is 0 Å². The Morgan fingerprint density at radius 2 is 1.85 bits per heavy atom. The molecule has 0 spiro atoms. The molecule has 2 aromatic heterocycles. The van der Waals surface area contributed by atoms with E-state index in [1.165, 1.54) is 6.07 Å². The smallest absolute Gasteiger partial charge is 0.379 e. The molecule has 0 radical (unpaired) electrons. The van der Waals surface area contributed by atoms with Crippen LogP contribution in [0.2, 0.25) is 0 Å². The zero-order valence-electron chi connectivity index (χ0n) is 18.9. The van der Waals surface area contributed by atoms with Crippen molar-refractivity contribution in [1.82, 2.24) is 30.0 Å². The van der Waals surface area contributed by atoms with E-state index in [4.69, 9.17) is 4.74 Å². The molecular formula is C21H30F3N7O2. The van der Waals surface area contributed by atoms with Crippen LogP contribution in [0.3, 0.4) is 0 Å². The standard InChI is InChI=1S/C21H30F3N7O2/c1-14(2)16(29-9-11-33-12-10-29)13-25-19(32)15-5-7-30(8-6-15)18-4-3-17-26-27-20(21(22,23)24)31(17)28-18/h3-4,14-16H,5-13H2,1-2H3,(H,25,32). The summed E-state index contributed by atoms with van der Waals surface area (Å²) in [6.07, 6.45) is -3.40. The maximum atomic E-state index is 13.1. The highest BCUT2D eigenvalue weighted by molar-refractivity contribution is 5.79. The second-order valence-electron chi connectivity index (χ2n) is 8.95. The normalized spacial score (nSPS) is 19.9. The van der Waals surface area contributed by atoms with Gasteiger partial charge in [-0.1, -0.05) is 13.8 Å². The zero-order valence-corrected chi connectivity index (χ0v) is 18.9. The summed E-state index contributed by atoms with van der Waals surface area (Å²) in [5.74, 6) is -0.406. The number of rotatable bonds is 6. The summed E-state index contributed by atoms with van der Waals surface area (Å²) >= 11 is 0. The monoisotopic (exact) mass is 469 g/mol. The number of amides is 1. The molecule has 2 aliphatic rings. The minimum atomic E-state index is -4.63. The third-order valence-corrected chi connectivity index (χ3v) is 6.46. The molecule has 0 saturated carbocycles. The quantitative estimate of drug-likeness (QED) is 0.691. The fourth-order valence-corrected chi connectivity index (χ4v) is 4.54. The molecule has 4 heterocycles. The van der Waals surface area contributed by atoms with Crippen LogP contribution in [0.1, 0.15) is 32.5 Å². The Kier molecular flexibility index (Phi) is 7.03. The Morgan fingerprint density at radius 3 is 2.48 bits per heavy atom. The van der Waals surface area contributed by atoms with Crippen LogP contribution in [0.25, 0.3) is 5.65 Å². The van der Waals surface area contributed by atoms with Gasteiger partial charge in [-0.15, -0.1) is 15.3 Å². The van der Waals surface area contributed by atoms with E-state index < -0.39 is 12.0 Å². The number of ether oxygens (including phenoxy) is 1. The number of anilines is 1. The van der Waals surface area contributed by atoms with Gasteiger partial charge in [0.15, 0.2) is 5.65 Å². The van der Waals surface area contributed by atoms with E-state index in [2.05, 4.69) is 39.4 Å². The fraction of sp³-hybridized carbons (Fsp3) is 0.714. The molecule has 9 nitrogen and oxygen atoms in total. The molecule has 0 bridgehead atoms. The summed E-state index contributed by atoms with van der Waals surface area (Å²) in [4.78, 5) is 17.1. The van der Waals surface area contributed by atoms with Crippen molar-refractivity contribution in [3.8, 4) is 0 Å². The number of hydrogen-bond acceptors (Lipinski definition) is 7. The largest absolute Gasteiger partial charge is 0.453 e. The molecule has 2 fully saturated rings. The maximum Gasteiger partial charge on any atom is 0.453 e. The summed E-state index contributed by atoms with van der Waals surface area (Å²) in [6.45, 7) is 9.18. The summed E-state index contributed by atoms with van der Waals surface area (Å²) in [7, 11) is 0. The molecule has 0 aliphatic carbocycles. The highest BCUT2D eigenvalue weighted by Gasteiger charge is 2.38. The number of carbonyl (C=O) groups excluding carboxylic acids is 1. The van der Waals surface area contributed by atoms with E-state index in [1.54, 1.807) is 6.07 Å². The first-order chi connectivity index (χ1) is 15.7. The molecule has 182 valence electrons. The average Bonchev–Trinajstić information content (AvgIpc) is 3.23. The van der Waals surface area contributed by atoms with Crippen LogP contribution in [0, 0.1) is 11.8 Å². The first-order valence-electron chi connectivity index (χ1n) is 11.4. The van der Waals surface area contributed by atoms with Crippen LogP contribution in [0.15, 0.2) is 12.1 Å². The number of fused-ring (bicyclic) bond motifs is 1. The molecule has 1 N–H and O–H groups in total. The lowest BCUT2D eigenvalue weighted by atomic mass is 9.95. The maximum absolute atomic E-state index is 13.1. The third kappa shape index (κ3) is 5.37. The van der Waals surface area contributed by atoms with Gasteiger partial charge in [-0.05, 0) is 30.9 Å². The Bertz CT molecular complexity index is 951. The fourth-order valence-electron chi connectivity index (χ4n) is 4.54. The van der Waals surface area contributed by atoms with Crippen molar-refractivity contribution >= 4 is 17.4 Å². The van der Waals surface area contributed by atoms with Crippen LogP contribution in [-0.4, -0.2) is 82.6 Å². The van der Waals surface area contributed by atoms with Crippen LogP contribution in [0.5, 0.6) is 0 Å². The molecule has 12 heteroatoms. The Morgan fingerprint density at radius 1 is 1.15 bits per heavy atom. The highest BCUT2D eigenvalue weighted by Crippen LogP contribution is 2.28. The minimum Gasteiger partial charge on any atom is -0.379 e. The summed E-state index contributed by atoms with van der Waals surface area (Å²) in [5.41, 5.74) is 0.0420. The second-order valence-corrected chi connectivity index (χ2v) is 8.95. The molecule has 1 amide bonds. The van der Waals surface area contributed by atoms with Gasteiger partial charge in [0.05, 0.1) is 13.2 Å². The second kappa shape index (κ2) is 9.80. The van der Waals surface area contributed by atoms with Crippen molar-refractivity contribution in [2.75, 3.05) is 50.8 Å². The molecule has 0 aromatic carbocycles. The van der Waals surface area contributed by atoms with Crippen molar-refractivity contribution in [2.45, 2.75) is 38.9 Å². The number of morpholine rings is 1. The average molecular weight is 470 g/mol. The van der Waals surface area contributed by atoms with Gasteiger partial charge in [0.25, 0.3) is 5.82 Å². The predicted octanol–water partition coefficient (Wildman–Crippen LogP) is 1.83. The minimum absolute atomic E-state index is 0.0372. The van der Waals surface area contributed by atoms with Gasteiger partial charge in [0, 0.05) is 44.7 Å². The van der Waals surface area contributed by atoms with Crippen molar-refractivity contribution in [2.24, 2.45) is 11.8 Å². The van der Waals surface area contributed by atoms with Crippen molar-refractivity contribution in [1.29, 1.82) is 0 Å². The number of nitrogens with one attached hydrogen (secondary N) is 1. The number of alkyl halides is 3. The van der Waals surface area contributed by atoms with Crippen LogP contribution in [0.4, 0.5) is 19.0 Å². The van der Waals surface area contributed by atoms with Crippen LogP contribution < -0.4 is 10.2 Å². The molecule has 2 saturated heterocycles. The lowest BCUT2D eigenvalue weighted by Crippen LogP contribution is -2.52. The van der Waals surface area contributed by atoms with Gasteiger partial charge in [-0.3, -0.25) is 9.69 Å². The van der Waals surface area contributed by atoms with Crippen molar-refractivity contribution in [3.05, 3.63) is 18.0 Å². The van der Waals surface area contributed by atoms with E-state index in [0.717, 1.165) is 30.8 Å². The summed E-state index contributed by atoms with van der Waals surface area (Å²) in [6, 6.07) is 3.38. The number of aromatic nitrogens is 4. The number of piperidine rings is 1. The Balaban J connectivity index is 1.33. The molecule has 2 aliphatic heterocycles. The zero-order chi connectivity index (χ0) is 23.6. The van der Waals surface area contributed by atoms with Gasteiger partial charge in [-0.25, -0.2) is 0 Å². The number of hydrogen-bond donors (Lipinski definition) is 1. The molecule has 1 unspecified atom stereocenters. The number of carbonyl (C=O) groups is 1. The van der Waals surface area contributed by atoms with Crippen molar-refractivity contribution < 1.29 is 22.7 Å². The van der Waals surface area contributed by atoms with Gasteiger partial charge >= 0.3 is 6.18 Å². The Labute approximate surface area is 190 Å². The Hall–Kier alpha value is -2.47. The lowest BCUT2D eigenvalue weighted by Gasteiger charge is -2.37. The number of halogens is 3. The molecule has 33 heavy (non-hydrogen) atoms. The first-order valence-corrected chi connectivity index (χ1v) is 11.4. The molecule has 2 aromatic rings. The predicted molar refractivity (Wildman–Crippen MR) is 115 cm³/mol. The van der Waals surface area contributed by atoms with E-state index in [1.807, 2.05) is 4.90 Å². The van der Waals surface area contributed by atoms with E-state index in [-0.39, 0.29) is 23.5 Å². The van der Waals surface area contributed by atoms with E-state index in [0.29, 0.717) is 44.2 Å². The lowest BCUT2D eigenvalue weighted by molar-refractivity contribution is -0.146. The highest BCUT2D eigenvalue weighted by atomic mass is 19.4. The SMILES string of the molecule is CC(C)C(CNC(=O)C1CCN(c2ccc3nnc(C(F)(F)F)n3n2)CC1)N1CCOCC1. The van der Waals surface area contributed by atoms with Gasteiger partial charge in [0.2, 0.25) is 5.91 Å². The summed E-state index contributed by atoms with van der Waals surface area (Å²) < 4.78 is 45.6. The van der Waals surface area contributed by atoms with Gasteiger partial charge in [-0.2, -0.15) is 17.7 Å². The van der Waals surface area contributed by atoms with Gasteiger partial charge in [0.1, 0.15) is 5.82 Å². The van der Waals surface area contributed by atoms with Crippen molar-refractivity contribution in [3.63, 3.8) is 0 Å². The first kappa shape index (κ1) is 23.7. The van der Waals surface area contributed by atoms with E-state index in [9.17, 15) is 18.0 Å². The van der Waals surface area contributed by atoms with Gasteiger partial charge < -0.3 is 15.0 Å². The third-order valence-electron chi connectivity index (χ3n) is 6.46. The summed E-state index contributed by atoms with van der Waals surface area (Å²) in [5, 5.41) is 14.0. The van der Waals surface area contributed by atoms with Crippen LogP contribution >= 0.6 is 0 Å². The molecular weight excluding hydrogens is 439 g/mol. The topological polar surface area (TPSA) is 87.9 Å². The number of nitrogens with zero attached hydrogens (tertiary/aromatic N) is 6. The molecule has 4 rings (SSSR count). The van der Waals surface area contributed by atoms with Crippen LogP contribution in [-0.2, 0) is 15.7 Å². The molecule has 1 atom stereocenters.